The third kappa shape index (κ3) is 3.73. The fraction of sp³-hybridized carbons (Fsp3) is 0.391. The van der Waals surface area contributed by atoms with Crippen molar-refractivity contribution in [1.82, 2.24) is 14.8 Å². The number of hydrogen-bond acceptors (Lipinski definition) is 5. The minimum atomic E-state index is -1.18. The predicted octanol–water partition coefficient (Wildman–Crippen LogP) is 1.84. The predicted molar refractivity (Wildman–Crippen MR) is 109 cm³/mol. The van der Waals surface area contributed by atoms with E-state index in [1.807, 2.05) is 31.2 Å². The van der Waals surface area contributed by atoms with Crippen molar-refractivity contribution < 1.29 is 19.1 Å². The van der Waals surface area contributed by atoms with Gasteiger partial charge in [0.25, 0.3) is 0 Å². The van der Waals surface area contributed by atoms with Gasteiger partial charge in [0.05, 0.1) is 25.2 Å². The van der Waals surface area contributed by atoms with E-state index in [4.69, 9.17) is 4.74 Å². The van der Waals surface area contributed by atoms with Crippen LogP contribution in [0.15, 0.2) is 48.8 Å². The van der Waals surface area contributed by atoms with Crippen molar-refractivity contribution in [3.63, 3.8) is 0 Å². The van der Waals surface area contributed by atoms with Crippen LogP contribution >= 0.6 is 0 Å². The van der Waals surface area contributed by atoms with Gasteiger partial charge in [-0.05, 0) is 35.7 Å². The number of benzene rings is 1. The second kappa shape index (κ2) is 8.36. The molecule has 1 aromatic carbocycles. The highest BCUT2D eigenvalue weighted by molar-refractivity contribution is 6.10. The van der Waals surface area contributed by atoms with Gasteiger partial charge in [-0.1, -0.05) is 24.3 Å². The molecule has 1 aromatic heterocycles. The molecule has 0 N–H and O–H groups in total. The van der Waals surface area contributed by atoms with Crippen molar-refractivity contribution >= 4 is 17.7 Å². The highest BCUT2D eigenvalue weighted by Gasteiger charge is 2.54. The summed E-state index contributed by atoms with van der Waals surface area (Å²) in [6, 6.07) is 11.1. The SMILES string of the molecule is Cc1ccccc1C1(CC(=O)N2CCOCC2)CC(=O)N(Cc2ccncc2)C1=O. The van der Waals surface area contributed by atoms with E-state index in [2.05, 4.69) is 4.98 Å². The molecule has 7 nitrogen and oxygen atoms in total. The Morgan fingerprint density at radius 3 is 2.50 bits per heavy atom. The third-order valence-corrected chi connectivity index (χ3v) is 5.98. The molecule has 0 bridgehead atoms. The molecule has 1 unspecified atom stereocenters. The zero-order valence-electron chi connectivity index (χ0n) is 17.0. The van der Waals surface area contributed by atoms with Gasteiger partial charge in [-0.2, -0.15) is 0 Å². The fourth-order valence-corrected chi connectivity index (χ4v) is 4.37. The van der Waals surface area contributed by atoms with Gasteiger partial charge in [-0.3, -0.25) is 24.3 Å². The molecule has 0 saturated carbocycles. The van der Waals surface area contributed by atoms with Crippen molar-refractivity contribution in [2.24, 2.45) is 0 Å². The maximum Gasteiger partial charge on any atom is 0.241 e. The lowest BCUT2D eigenvalue weighted by atomic mass is 9.74. The highest BCUT2D eigenvalue weighted by Crippen LogP contribution is 2.42. The highest BCUT2D eigenvalue weighted by atomic mass is 16.5. The molecular formula is C23H25N3O4. The van der Waals surface area contributed by atoms with Crippen molar-refractivity contribution in [2.45, 2.75) is 31.7 Å². The number of imide groups is 1. The quantitative estimate of drug-likeness (QED) is 0.707. The lowest BCUT2D eigenvalue weighted by Gasteiger charge is -2.33. The van der Waals surface area contributed by atoms with E-state index in [0.29, 0.717) is 26.3 Å². The van der Waals surface area contributed by atoms with Gasteiger partial charge >= 0.3 is 0 Å². The number of hydrogen-bond donors (Lipinski definition) is 0. The smallest absolute Gasteiger partial charge is 0.241 e. The van der Waals surface area contributed by atoms with Gasteiger partial charge < -0.3 is 9.64 Å². The minimum absolute atomic E-state index is 0.00213. The van der Waals surface area contributed by atoms with Crippen molar-refractivity contribution in [3.8, 4) is 0 Å². The first-order valence-corrected chi connectivity index (χ1v) is 10.2. The Hall–Kier alpha value is -3.06. The number of aryl methyl sites for hydroxylation is 1. The van der Waals surface area contributed by atoms with E-state index in [9.17, 15) is 14.4 Å². The van der Waals surface area contributed by atoms with Crippen LogP contribution in [0.1, 0.15) is 29.5 Å². The summed E-state index contributed by atoms with van der Waals surface area (Å²) in [4.78, 5) is 46.8. The number of nitrogens with zero attached hydrogens (tertiary/aromatic N) is 3. The van der Waals surface area contributed by atoms with Gasteiger partial charge in [0, 0.05) is 38.3 Å². The average molecular weight is 407 g/mol. The number of amides is 3. The van der Waals surface area contributed by atoms with E-state index in [0.717, 1.165) is 16.7 Å². The Labute approximate surface area is 175 Å². The molecule has 0 radical (unpaired) electrons. The van der Waals surface area contributed by atoms with Crippen LogP contribution in [0, 0.1) is 6.92 Å². The molecule has 2 aliphatic heterocycles. The summed E-state index contributed by atoms with van der Waals surface area (Å²) in [5, 5.41) is 0. The number of likely N-dealkylation sites (tertiary alicyclic amines) is 1. The monoisotopic (exact) mass is 407 g/mol. The van der Waals surface area contributed by atoms with Crippen LogP contribution in [-0.4, -0.2) is 58.8 Å². The first kappa shape index (κ1) is 20.2. The van der Waals surface area contributed by atoms with Crippen LogP contribution in [-0.2, 0) is 31.1 Å². The summed E-state index contributed by atoms with van der Waals surface area (Å²) >= 11 is 0. The first-order valence-electron chi connectivity index (χ1n) is 10.2. The van der Waals surface area contributed by atoms with Gasteiger partial charge in [-0.15, -0.1) is 0 Å². The zero-order chi connectivity index (χ0) is 21.1. The average Bonchev–Trinajstić information content (AvgIpc) is 3.00. The fourth-order valence-electron chi connectivity index (χ4n) is 4.37. The van der Waals surface area contributed by atoms with Crippen molar-refractivity contribution in [1.29, 1.82) is 0 Å². The summed E-state index contributed by atoms with van der Waals surface area (Å²) in [6.45, 7) is 4.09. The van der Waals surface area contributed by atoms with E-state index < -0.39 is 5.41 Å². The Morgan fingerprint density at radius 1 is 1.10 bits per heavy atom. The molecule has 7 heteroatoms. The van der Waals surface area contributed by atoms with E-state index in [-0.39, 0.29) is 37.1 Å². The van der Waals surface area contributed by atoms with Crippen LogP contribution in [0.5, 0.6) is 0 Å². The molecular weight excluding hydrogens is 382 g/mol. The number of pyridine rings is 1. The molecule has 3 heterocycles. The second-order valence-corrected chi connectivity index (χ2v) is 7.88. The zero-order valence-corrected chi connectivity index (χ0v) is 17.0. The standard InChI is InChI=1S/C23H25N3O4/c1-17-4-2-3-5-19(17)23(14-20(27)25-10-12-30-13-11-25)15-21(28)26(22(23)29)16-18-6-8-24-9-7-18/h2-9H,10-16H2,1H3. The Morgan fingerprint density at radius 2 is 1.80 bits per heavy atom. The summed E-state index contributed by atoms with van der Waals surface area (Å²) in [5.74, 6) is -0.677. The molecule has 4 rings (SSSR count). The van der Waals surface area contributed by atoms with E-state index in [1.54, 1.807) is 29.4 Å². The number of morpholine rings is 1. The second-order valence-electron chi connectivity index (χ2n) is 7.88. The Kier molecular flexibility index (Phi) is 5.63. The summed E-state index contributed by atoms with van der Waals surface area (Å²) in [7, 11) is 0. The minimum Gasteiger partial charge on any atom is -0.378 e. The van der Waals surface area contributed by atoms with Crippen LogP contribution in [0.3, 0.4) is 0 Å². The van der Waals surface area contributed by atoms with E-state index in [1.165, 1.54) is 4.90 Å². The van der Waals surface area contributed by atoms with Crippen LogP contribution in [0.25, 0.3) is 0 Å². The van der Waals surface area contributed by atoms with Crippen molar-refractivity contribution in [3.05, 3.63) is 65.5 Å². The lowest BCUT2D eigenvalue weighted by Crippen LogP contribution is -2.46. The van der Waals surface area contributed by atoms with Crippen LogP contribution in [0.4, 0.5) is 0 Å². The molecule has 2 aromatic rings. The topological polar surface area (TPSA) is 79.8 Å². The van der Waals surface area contributed by atoms with Gasteiger partial charge in [0.1, 0.15) is 0 Å². The van der Waals surface area contributed by atoms with Gasteiger partial charge in [-0.25, -0.2) is 0 Å². The number of ether oxygens (including phenoxy) is 1. The molecule has 0 aliphatic carbocycles. The molecule has 2 fully saturated rings. The normalized spacial score (nSPS) is 21.9. The maximum atomic E-state index is 13.7. The number of carbonyl (C=O) groups is 3. The molecule has 3 amide bonds. The number of rotatable bonds is 5. The maximum absolute atomic E-state index is 13.7. The molecule has 1 atom stereocenters. The number of carbonyl (C=O) groups excluding carboxylic acids is 3. The van der Waals surface area contributed by atoms with Gasteiger partial charge in [0.15, 0.2) is 0 Å². The molecule has 30 heavy (non-hydrogen) atoms. The largest absolute Gasteiger partial charge is 0.378 e. The molecule has 2 saturated heterocycles. The molecule has 2 aliphatic rings. The van der Waals surface area contributed by atoms with E-state index >= 15 is 0 Å². The van der Waals surface area contributed by atoms with Gasteiger partial charge in [0.2, 0.25) is 17.7 Å². The molecule has 0 spiro atoms. The first-order chi connectivity index (χ1) is 14.5. The summed E-state index contributed by atoms with van der Waals surface area (Å²) in [6.07, 6.45) is 3.25. The summed E-state index contributed by atoms with van der Waals surface area (Å²) < 4.78 is 5.34. The Balaban J connectivity index is 1.69. The van der Waals surface area contributed by atoms with Crippen molar-refractivity contribution in [2.75, 3.05) is 26.3 Å². The number of aromatic nitrogens is 1. The van der Waals surface area contributed by atoms with Crippen LogP contribution in [0.2, 0.25) is 0 Å². The lowest BCUT2D eigenvalue weighted by molar-refractivity contribution is -0.144. The molecule has 156 valence electrons. The Bertz CT molecular complexity index is 956. The van der Waals surface area contributed by atoms with Crippen LogP contribution < -0.4 is 0 Å². The third-order valence-electron chi connectivity index (χ3n) is 5.98. The summed E-state index contributed by atoms with van der Waals surface area (Å²) in [5.41, 5.74) is 1.30.